The Kier molecular flexibility index (Phi) is 4.41. The van der Waals surface area contributed by atoms with Crippen LogP contribution in [0.2, 0.25) is 0 Å². The zero-order valence-corrected chi connectivity index (χ0v) is 18.5. The van der Waals surface area contributed by atoms with E-state index in [2.05, 4.69) is 15.5 Å². The molecule has 0 aliphatic carbocycles. The van der Waals surface area contributed by atoms with E-state index in [0.717, 1.165) is 0 Å². The van der Waals surface area contributed by atoms with Crippen LogP contribution in [0.3, 0.4) is 0 Å². The van der Waals surface area contributed by atoms with Crippen LogP contribution in [-0.2, 0) is 25.5 Å². The third-order valence-corrected chi connectivity index (χ3v) is 7.13. The summed E-state index contributed by atoms with van der Waals surface area (Å²) in [4.78, 5) is 44.4. The van der Waals surface area contributed by atoms with Gasteiger partial charge in [-0.2, -0.15) is 0 Å². The van der Waals surface area contributed by atoms with Crippen molar-refractivity contribution in [2.45, 2.75) is 44.9 Å². The molecule has 3 aliphatic heterocycles. The maximum atomic E-state index is 16.0. The number of halogens is 1. The van der Waals surface area contributed by atoms with Crippen LogP contribution in [0.15, 0.2) is 35.1 Å². The van der Waals surface area contributed by atoms with E-state index < -0.39 is 47.4 Å². The topological polar surface area (TPSA) is 115 Å². The highest BCUT2D eigenvalue weighted by molar-refractivity contribution is 6.22. The number of morpholine rings is 1. The third-order valence-electron chi connectivity index (χ3n) is 7.13. The molecule has 4 atom stereocenters. The molecule has 2 amide bonds. The molecule has 2 saturated heterocycles. The van der Waals surface area contributed by atoms with E-state index in [-0.39, 0.29) is 30.3 Å². The minimum atomic E-state index is -1.57. The maximum Gasteiger partial charge on any atom is 0.242 e. The van der Waals surface area contributed by atoms with Crippen LogP contribution in [0.1, 0.15) is 25.8 Å². The zero-order chi connectivity index (χ0) is 23.8. The van der Waals surface area contributed by atoms with Crippen molar-refractivity contribution in [1.82, 2.24) is 15.5 Å². The molecule has 10 heteroatoms. The van der Waals surface area contributed by atoms with E-state index in [4.69, 9.17) is 9.26 Å². The number of ether oxygens (including phenoxy) is 1. The quantitative estimate of drug-likeness (QED) is 0.431. The molecule has 5 heterocycles. The van der Waals surface area contributed by atoms with Crippen LogP contribution in [0.5, 0.6) is 0 Å². The number of hydrogen-bond acceptors (Lipinski definition) is 8. The second kappa shape index (κ2) is 7.17. The van der Waals surface area contributed by atoms with Gasteiger partial charge in [0.1, 0.15) is 11.1 Å². The first-order chi connectivity index (χ1) is 16.3. The van der Waals surface area contributed by atoms with Gasteiger partial charge in [0.25, 0.3) is 0 Å². The van der Waals surface area contributed by atoms with Crippen molar-refractivity contribution in [2.75, 3.05) is 11.4 Å². The van der Waals surface area contributed by atoms with Crippen molar-refractivity contribution in [2.24, 2.45) is 5.41 Å². The number of pyridine rings is 1. The lowest BCUT2D eigenvalue weighted by Gasteiger charge is -2.55. The van der Waals surface area contributed by atoms with Crippen molar-refractivity contribution >= 4 is 34.3 Å². The number of hydrogen-bond donors (Lipinski definition) is 1. The monoisotopic (exact) mass is 464 g/mol. The highest BCUT2D eigenvalue weighted by Crippen LogP contribution is 2.50. The first-order valence-corrected chi connectivity index (χ1v) is 11.1. The number of amides is 2. The smallest absolute Gasteiger partial charge is 0.242 e. The Labute approximate surface area is 193 Å². The number of nitrogens with one attached hydrogen (secondary N) is 1. The van der Waals surface area contributed by atoms with Gasteiger partial charge < -0.3 is 14.2 Å². The molecule has 9 nitrogen and oxygen atoms in total. The number of fused-ring (bicyclic) bond motifs is 5. The lowest BCUT2D eigenvalue weighted by molar-refractivity contribution is -0.158. The predicted molar refractivity (Wildman–Crippen MR) is 117 cm³/mol. The third kappa shape index (κ3) is 2.71. The van der Waals surface area contributed by atoms with E-state index in [1.54, 1.807) is 42.4 Å². The summed E-state index contributed by atoms with van der Waals surface area (Å²) in [6.07, 6.45) is 1.91. The minimum Gasteiger partial charge on any atom is -0.372 e. The summed E-state index contributed by atoms with van der Waals surface area (Å²) in [5.74, 6) is -2.37. The Morgan fingerprint density at radius 2 is 1.97 bits per heavy atom. The van der Waals surface area contributed by atoms with Crippen LogP contribution in [0, 0.1) is 11.2 Å². The molecule has 2 fully saturated rings. The summed E-state index contributed by atoms with van der Waals surface area (Å²) in [5, 5.41) is 6.87. The number of Topliss-reactive ketones (excluding diaryl/α,β-unsaturated/α-hetero) is 1. The maximum absolute atomic E-state index is 16.0. The minimum absolute atomic E-state index is 0.00154. The molecule has 1 aromatic carbocycles. The van der Waals surface area contributed by atoms with Gasteiger partial charge in [0.15, 0.2) is 11.6 Å². The molecule has 3 aromatic rings. The Morgan fingerprint density at radius 1 is 1.21 bits per heavy atom. The van der Waals surface area contributed by atoms with E-state index in [1.165, 1.54) is 0 Å². The largest absolute Gasteiger partial charge is 0.372 e. The summed E-state index contributed by atoms with van der Waals surface area (Å²) < 4.78 is 27.5. The fraction of sp³-hybridized carbons (Fsp3) is 0.375. The zero-order valence-electron chi connectivity index (χ0n) is 18.5. The van der Waals surface area contributed by atoms with E-state index in [0.29, 0.717) is 22.2 Å². The normalized spacial score (nSPS) is 28.7. The van der Waals surface area contributed by atoms with E-state index in [9.17, 15) is 14.4 Å². The molecular weight excluding hydrogens is 443 g/mol. The number of carbonyl (C=O) groups is 3. The van der Waals surface area contributed by atoms with Crippen LogP contribution in [-0.4, -0.2) is 52.5 Å². The summed E-state index contributed by atoms with van der Waals surface area (Å²) >= 11 is 0. The van der Waals surface area contributed by atoms with Crippen molar-refractivity contribution in [1.29, 1.82) is 0 Å². The SMILES string of the molecule is C[C@@H]1CN2c3c(cc4c(-c5ccncc5)noc4c3F)CC3(C(=O)CC(=O)NC3=O)[C@H]2[C@H](C)O1. The molecule has 1 unspecified atom stereocenters. The highest BCUT2D eigenvalue weighted by atomic mass is 19.1. The van der Waals surface area contributed by atoms with Crippen molar-refractivity contribution in [3.8, 4) is 11.3 Å². The average Bonchev–Trinajstić information content (AvgIpc) is 3.21. The number of carbonyl (C=O) groups excluding carboxylic acids is 3. The number of anilines is 1. The Balaban J connectivity index is 1.61. The molecule has 1 N–H and O–H groups in total. The molecule has 0 bridgehead atoms. The second-order valence-electron chi connectivity index (χ2n) is 9.22. The van der Waals surface area contributed by atoms with E-state index in [1.807, 2.05) is 6.92 Å². The van der Waals surface area contributed by atoms with Gasteiger partial charge >= 0.3 is 0 Å². The van der Waals surface area contributed by atoms with Gasteiger partial charge in [0.05, 0.1) is 35.7 Å². The van der Waals surface area contributed by atoms with Crippen molar-refractivity contribution in [3.05, 3.63) is 42.0 Å². The molecule has 34 heavy (non-hydrogen) atoms. The van der Waals surface area contributed by atoms with Gasteiger partial charge in [-0.3, -0.25) is 24.7 Å². The number of piperidine rings is 1. The Hall–Kier alpha value is -3.66. The number of ketones is 1. The van der Waals surface area contributed by atoms with Crippen molar-refractivity contribution in [3.63, 3.8) is 0 Å². The molecule has 1 spiro atoms. The van der Waals surface area contributed by atoms with Crippen molar-refractivity contribution < 1.29 is 28.0 Å². The number of rotatable bonds is 1. The standard InChI is InChI=1S/C24H21FN4O5/c1-11-10-29-20-14(7-15-19(13-3-5-26-6-4-13)28-34-21(15)18(20)25)9-24(22(29)12(2)33-11)16(30)8-17(31)27-23(24)32/h3-7,11-12,22H,8-10H2,1-2H3,(H,27,31,32)/t11-,12+,22-,24?/m1/s1. The summed E-state index contributed by atoms with van der Waals surface area (Å²) in [7, 11) is 0. The fourth-order valence-electron chi connectivity index (χ4n) is 5.86. The van der Waals surface area contributed by atoms with E-state index >= 15 is 4.39 Å². The highest BCUT2D eigenvalue weighted by Gasteiger charge is 2.62. The molecule has 2 aromatic heterocycles. The lowest BCUT2D eigenvalue weighted by Crippen LogP contribution is -2.72. The number of imide groups is 1. The van der Waals surface area contributed by atoms with Gasteiger partial charge in [-0.05, 0) is 44.0 Å². The molecule has 0 saturated carbocycles. The molecule has 0 radical (unpaired) electrons. The van der Waals surface area contributed by atoms with Gasteiger partial charge in [0.2, 0.25) is 17.4 Å². The van der Waals surface area contributed by atoms with Crippen LogP contribution in [0.4, 0.5) is 10.1 Å². The van der Waals surface area contributed by atoms with Crippen LogP contribution < -0.4 is 10.2 Å². The van der Waals surface area contributed by atoms with Crippen LogP contribution in [0.25, 0.3) is 22.2 Å². The summed E-state index contributed by atoms with van der Waals surface area (Å²) in [6, 6.07) is 4.44. The van der Waals surface area contributed by atoms with Gasteiger partial charge in [-0.15, -0.1) is 0 Å². The second-order valence-corrected chi connectivity index (χ2v) is 9.22. The van der Waals surface area contributed by atoms with Gasteiger partial charge in [-0.25, -0.2) is 4.39 Å². The Bertz CT molecular complexity index is 1350. The molecule has 174 valence electrons. The fourth-order valence-corrected chi connectivity index (χ4v) is 5.86. The average molecular weight is 464 g/mol. The number of benzene rings is 1. The number of nitrogens with zero attached hydrogens (tertiary/aromatic N) is 3. The van der Waals surface area contributed by atoms with Crippen LogP contribution >= 0.6 is 0 Å². The molecule has 6 rings (SSSR count). The summed E-state index contributed by atoms with van der Waals surface area (Å²) in [6.45, 7) is 3.89. The molecular formula is C24H21FN4O5. The summed E-state index contributed by atoms with van der Waals surface area (Å²) in [5.41, 5.74) is 0.325. The number of aromatic nitrogens is 2. The predicted octanol–water partition coefficient (Wildman–Crippen LogP) is 2.17. The van der Waals surface area contributed by atoms with Gasteiger partial charge in [0, 0.05) is 24.5 Å². The first kappa shape index (κ1) is 20.9. The van der Waals surface area contributed by atoms with Gasteiger partial charge in [-0.1, -0.05) is 5.16 Å². The first-order valence-electron chi connectivity index (χ1n) is 11.1. The molecule has 3 aliphatic rings. The lowest BCUT2D eigenvalue weighted by atomic mass is 9.63. The Morgan fingerprint density at radius 3 is 2.71 bits per heavy atom.